The predicted molar refractivity (Wildman–Crippen MR) is 99.8 cm³/mol. The van der Waals surface area contributed by atoms with Crippen LogP contribution in [0.2, 0.25) is 0 Å². The Morgan fingerprint density at radius 1 is 1.04 bits per heavy atom. The summed E-state index contributed by atoms with van der Waals surface area (Å²) in [6.07, 6.45) is 0.950. The summed E-state index contributed by atoms with van der Waals surface area (Å²) in [6.45, 7) is 7.86. The molecule has 1 aromatic heterocycles. The molecule has 0 saturated carbocycles. The van der Waals surface area contributed by atoms with Gasteiger partial charge in [-0.15, -0.1) is 0 Å². The number of nitrogens with one attached hydrogen (secondary N) is 1. The molecule has 0 aliphatic carbocycles. The van der Waals surface area contributed by atoms with Crippen LogP contribution in [0.15, 0.2) is 18.2 Å². The lowest BCUT2D eigenvalue weighted by Gasteiger charge is -2.31. The van der Waals surface area contributed by atoms with E-state index >= 15 is 0 Å². The summed E-state index contributed by atoms with van der Waals surface area (Å²) in [4.78, 5) is 11.4. The van der Waals surface area contributed by atoms with Crippen LogP contribution in [0, 0.1) is 6.92 Å². The van der Waals surface area contributed by atoms with Crippen molar-refractivity contribution in [3.05, 3.63) is 35.2 Å². The molecule has 3 rings (SSSR count). The average molecular weight is 342 g/mol. The highest BCUT2D eigenvalue weighted by atomic mass is 16.5. The van der Waals surface area contributed by atoms with Gasteiger partial charge in [-0.2, -0.15) is 0 Å². The number of aryl methyl sites for hydroxylation is 1. The molecule has 0 spiro atoms. The van der Waals surface area contributed by atoms with Gasteiger partial charge in [0.2, 0.25) is 0 Å². The fourth-order valence-corrected chi connectivity index (χ4v) is 3.16. The van der Waals surface area contributed by atoms with Gasteiger partial charge in [0.15, 0.2) is 11.5 Å². The highest BCUT2D eigenvalue weighted by molar-refractivity contribution is 5.54. The van der Waals surface area contributed by atoms with Gasteiger partial charge < -0.3 is 19.7 Å². The number of hydrogen-bond acceptors (Lipinski definition) is 6. The Morgan fingerprint density at radius 2 is 1.72 bits per heavy atom. The summed E-state index contributed by atoms with van der Waals surface area (Å²) in [7, 11) is 3.34. The highest BCUT2D eigenvalue weighted by Crippen LogP contribution is 2.34. The molecule has 1 aromatic carbocycles. The van der Waals surface area contributed by atoms with E-state index in [2.05, 4.69) is 46.2 Å². The van der Waals surface area contributed by atoms with E-state index in [1.54, 1.807) is 14.2 Å². The maximum Gasteiger partial charge on any atom is 0.161 e. The first-order valence-corrected chi connectivity index (χ1v) is 8.61. The molecule has 134 valence electrons. The molecular weight excluding hydrogens is 316 g/mol. The molecule has 0 unspecified atom stereocenters. The van der Waals surface area contributed by atoms with E-state index in [0.717, 1.165) is 48.5 Å². The standard InChI is InChI=1S/C19H26N4O2/c1-12(2)20-18-10-19(22-13(3)21-18)23-7-6-14-8-16(24-4)17(25-5)9-15(14)11-23/h8-10,12H,6-7,11H2,1-5H3,(H,20,21,22). The lowest BCUT2D eigenvalue weighted by atomic mass is 9.99. The first-order valence-electron chi connectivity index (χ1n) is 8.61. The van der Waals surface area contributed by atoms with E-state index in [9.17, 15) is 0 Å². The van der Waals surface area contributed by atoms with E-state index < -0.39 is 0 Å². The van der Waals surface area contributed by atoms with Gasteiger partial charge in [-0.25, -0.2) is 9.97 Å². The van der Waals surface area contributed by atoms with E-state index in [-0.39, 0.29) is 0 Å². The van der Waals surface area contributed by atoms with Crippen LogP contribution in [0.5, 0.6) is 11.5 Å². The maximum atomic E-state index is 5.45. The summed E-state index contributed by atoms with van der Waals surface area (Å²) in [5.74, 6) is 4.16. The van der Waals surface area contributed by atoms with Crippen LogP contribution in [0.4, 0.5) is 11.6 Å². The van der Waals surface area contributed by atoms with Gasteiger partial charge in [0.1, 0.15) is 17.5 Å². The van der Waals surface area contributed by atoms with Crippen molar-refractivity contribution in [1.29, 1.82) is 0 Å². The van der Waals surface area contributed by atoms with E-state index in [0.29, 0.717) is 6.04 Å². The van der Waals surface area contributed by atoms with E-state index in [1.165, 1.54) is 11.1 Å². The Kier molecular flexibility index (Phi) is 4.97. The summed E-state index contributed by atoms with van der Waals surface area (Å²) in [5, 5.41) is 3.36. The van der Waals surface area contributed by atoms with Crippen LogP contribution in [0.25, 0.3) is 0 Å². The van der Waals surface area contributed by atoms with Crippen molar-refractivity contribution in [2.45, 2.75) is 39.8 Å². The lowest BCUT2D eigenvalue weighted by Crippen LogP contribution is -2.31. The monoisotopic (exact) mass is 342 g/mol. The Labute approximate surface area is 149 Å². The smallest absolute Gasteiger partial charge is 0.161 e. The third kappa shape index (κ3) is 3.78. The fourth-order valence-electron chi connectivity index (χ4n) is 3.16. The zero-order valence-electron chi connectivity index (χ0n) is 15.6. The largest absolute Gasteiger partial charge is 0.493 e. The molecule has 0 atom stereocenters. The number of hydrogen-bond donors (Lipinski definition) is 1. The van der Waals surface area contributed by atoms with Crippen molar-refractivity contribution < 1.29 is 9.47 Å². The first-order chi connectivity index (χ1) is 12.0. The average Bonchev–Trinajstić information content (AvgIpc) is 2.58. The molecule has 1 aliphatic heterocycles. The SMILES string of the molecule is COc1cc2c(cc1OC)CN(c1cc(NC(C)C)nc(C)n1)CC2. The molecule has 25 heavy (non-hydrogen) atoms. The lowest BCUT2D eigenvalue weighted by molar-refractivity contribution is 0.353. The van der Waals surface area contributed by atoms with Crippen molar-refractivity contribution in [2.75, 3.05) is 31.0 Å². The number of methoxy groups -OCH3 is 2. The zero-order valence-corrected chi connectivity index (χ0v) is 15.6. The number of aromatic nitrogens is 2. The molecule has 1 N–H and O–H groups in total. The molecule has 2 heterocycles. The minimum atomic E-state index is 0.334. The second-order valence-electron chi connectivity index (χ2n) is 6.61. The van der Waals surface area contributed by atoms with Crippen LogP contribution in [-0.2, 0) is 13.0 Å². The van der Waals surface area contributed by atoms with Crippen molar-refractivity contribution in [2.24, 2.45) is 0 Å². The Morgan fingerprint density at radius 3 is 2.36 bits per heavy atom. The summed E-state index contributed by atoms with van der Waals surface area (Å²) >= 11 is 0. The van der Waals surface area contributed by atoms with Gasteiger partial charge >= 0.3 is 0 Å². The molecule has 0 fully saturated rings. The molecule has 0 amide bonds. The normalized spacial score (nSPS) is 13.6. The van der Waals surface area contributed by atoms with Crippen LogP contribution >= 0.6 is 0 Å². The summed E-state index contributed by atoms with van der Waals surface area (Å²) < 4.78 is 10.9. The molecule has 6 heteroatoms. The van der Waals surface area contributed by atoms with Gasteiger partial charge in [0.25, 0.3) is 0 Å². The number of rotatable bonds is 5. The number of nitrogens with zero attached hydrogens (tertiary/aromatic N) is 3. The van der Waals surface area contributed by atoms with Crippen LogP contribution in [-0.4, -0.2) is 36.8 Å². The van der Waals surface area contributed by atoms with E-state index in [1.807, 2.05) is 13.0 Å². The second kappa shape index (κ2) is 7.17. The Bertz CT molecular complexity index is 761. The van der Waals surface area contributed by atoms with Crippen molar-refractivity contribution in [3.8, 4) is 11.5 Å². The van der Waals surface area contributed by atoms with Crippen molar-refractivity contribution in [3.63, 3.8) is 0 Å². The topological polar surface area (TPSA) is 59.5 Å². The number of ether oxygens (including phenoxy) is 2. The minimum absolute atomic E-state index is 0.334. The Balaban J connectivity index is 1.88. The molecule has 2 aromatic rings. The summed E-state index contributed by atoms with van der Waals surface area (Å²) in [6, 6.07) is 6.52. The maximum absolute atomic E-state index is 5.45. The zero-order chi connectivity index (χ0) is 18.0. The van der Waals surface area contributed by atoms with E-state index in [4.69, 9.17) is 9.47 Å². The second-order valence-corrected chi connectivity index (χ2v) is 6.61. The third-order valence-corrected chi connectivity index (χ3v) is 4.30. The van der Waals surface area contributed by atoms with Crippen molar-refractivity contribution in [1.82, 2.24) is 9.97 Å². The third-order valence-electron chi connectivity index (χ3n) is 4.30. The Hall–Kier alpha value is -2.50. The van der Waals surface area contributed by atoms with Gasteiger partial charge in [-0.3, -0.25) is 0 Å². The molecule has 0 saturated heterocycles. The van der Waals surface area contributed by atoms with Gasteiger partial charge in [-0.05, 0) is 50.5 Å². The van der Waals surface area contributed by atoms with Crippen LogP contribution < -0.4 is 19.7 Å². The van der Waals surface area contributed by atoms with Crippen molar-refractivity contribution >= 4 is 11.6 Å². The minimum Gasteiger partial charge on any atom is -0.493 e. The molecule has 0 radical (unpaired) electrons. The number of anilines is 2. The number of fused-ring (bicyclic) bond motifs is 1. The number of benzene rings is 1. The highest BCUT2D eigenvalue weighted by Gasteiger charge is 2.21. The summed E-state index contributed by atoms with van der Waals surface area (Å²) in [5.41, 5.74) is 2.55. The van der Waals surface area contributed by atoms with Crippen LogP contribution in [0.3, 0.4) is 0 Å². The van der Waals surface area contributed by atoms with Gasteiger partial charge in [-0.1, -0.05) is 0 Å². The predicted octanol–water partition coefficient (Wildman–Crippen LogP) is 3.19. The van der Waals surface area contributed by atoms with Crippen LogP contribution in [0.1, 0.15) is 30.8 Å². The quantitative estimate of drug-likeness (QED) is 0.900. The van der Waals surface area contributed by atoms with Gasteiger partial charge in [0, 0.05) is 25.2 Å². The first kappa shape index (κ1) is 17.3. The molecular formula is C19H26N4O2. The fraction of sp³-hybridized carbons (Fsp3) is 0.474. The van der Waals surface area contributed by atoms with Gasteiger partial charge in [0.05, 0.1) is 14.2 Å². The molecule has 6 nitrogen and oxygen atoms in total. The molecule has 1 aliphatic rings. The molecule has 0 bridgehead atoms.